The second-order valence-corrected chi connectivity index (χ2v) is 5.62. The van der Waals surface area contributed by atoms with Gasteiger partial charge < -0.3 is 19.7 Å². The first-order chi connectivity index (χ1) is 11.2. The lowest BCUT2D eigenvalue weighted by Gasteiger charge is -2.27. The largest absolute Gasteiger partial charge is 0.375 e. The zero-order valence-corrected chi connectivity index (χ0v) is 13.2. The number of hydrogen-bond donors (Lipinski definition) is 1. The molecule has 124 valence electrons. The smallest absolute Gasteiger partial charge is 0.246 e. The maximum atomic E-state index is 12.8. The quantitative estimate of drug-likeness (QED) is 0.745. The van der Waals surface area contributed by atoms with Crippen molar-refractivity contribution in [2.75, 3.05) is 20.3 Å². The van der Waals surface area contributed by atoms with Gasteiger partial charge in [0.05, 0.1) is 6.04 Å². The maximum Gasteiger partial charge on any atom is 0.246 e. The molecule has 1 N–H and O–H groups in total. The Labute approximate surface area is 135 Å². The molecule has 0 aliphatic carbocycles. The highest BCUT2D eigenvalue weighted by molar-refractivity contribution is 5.90. The van der Waals surface area contributed by atoms with E-state index in [1.54, 1.807) is 4.90 Å². The van der Waals surface area contributed by atoms with Gasteiger partial charge in [-0.05, 0) is 18.4 Å². The highest BCUT2D eigenvalue weighted by Crippen LogP contribution is 2.17. The van der Waals surface area contributed by atoms with Crippen LogP contribution in [0, 0.1) is 0 Å². The van der Waals surface area contributed by atoms with Gasteiger partial charge in [-0.15, -0.1) is 0 Å². The van der Waals surface area contributed by atoms with E-state index >= 15 is 0 Å². The molecule has 2 atom stereocenters. The topological polar surface area (TPSA) is 75.7 Å². The monoisotopic (exact) mass is 318 g/mol. The summed E-state index contributed by atoms with van der Waals surface area (Å²) in [7, 11) is 1.43. The number of aldehydes is 1. The van der Waals surface area contributed by atoms with Gasteiger partial charge in [0.1, 0.15) is 18.9 Å². The molecule has 1 saturated heterocycles. The highest BCUT2D eigenvalue weighted by Gasteiger charge is 2.33. The number of carbonyl (C=O) groups excluding carboxylic acids is 3. The fourth-order valence-corrected chi connectivity index (χ4v) is 2.82. The molecule has 1 aromatic rings. The number of carbonyl (C=O) groups is 3. The normalized spacial score (nSPS) is 18.5. The third kappa shape index (κ3) is 4.63. The molecule has 1 fully saturated rings. The van der Waals surface area contributed by atoms with E-state index in [-0.39, 0.29) is 24.5 Å². The Balaban J connectivity index is 2.13. The van der Waals surface area contributed by atoms with Crippen molar-refractivity contribution in [3.05, 3.63) is 35.9 Å². The SMILES string of the molecule is COCC(=O)N[C@H](Cc1ccccc1)C(=O)N1CCC[C@H]1C=O. The van der Waals surface area contributed by atoms with Crippen LogP contribution in [-0.4, -0.2) is 55.3 Å². The third-order valence-electron chi connectivity index (χ3n) is 3.93. The number of hydrogen-bond acceptors (Lipinski definition) is 4. The molecule has 0 aromatic heterocycles. The van der Waals surface area contributed by atoms with Crippen LogP contribution in [0.5, 0.6) is 0 Å². The van der Waals surface area contributed by atoms with Gasteiger partial charge in [0.2, 0.25) is 11.8 Å². The molecule has 1 aliphatic heterocycles. The molecule has 0 radical (unpaired) electrons. The van der Waals surface area contributed by atoms with E-state index in [1.165, 1.54) is 7.11 Å². The number of amides is 2. The summed E-state index contributed by atoms with van der Waals surface area (Å²) in [4.78, 5) is 37.3. The van der Waals surface area contributed by atoms with E-state index < -0.39 is 6.04 Å². The summed E-state index contributed by atoms with van der Waals surface area (Å²) in [5.74, 6) is -0.559. The molecule has 0 spiro atoms. The summed E-state index contributed by atoms with van der Waals surface area (Å²) in [5.41, 5.74) is 0.949. The molecule has 6 heteroatoms. The van der Waals surface area contributed by atoms with E-state index in [9.17, 15) is 14.4 Å². The van der Waals surface area contributed by atoms with Crippen LogP contribution in [0.15, 0.2) is 30.3 Å². The van der Waals surface area contributed by atoms with Gasteiger partial charge in [0, 0.05) is 20.1 Å². The zero-order valence-electron chi connectivity index (χ0n) is 13.2. The lowest BCUT2D eigenvalue weighted by atomic mass is 10.0. The van der Waals surface area contributed by atoms with Crippen LogP contribution >= 0.6 is 0 Å². The van der Waals surface area contributed by atoms with Crippen molar-refractivity contribution in [3.8, 4) is 0 Å². The minimum atomic E-state index is -0.694. The Bertz CT molecular complexity index is 547. The molecule has 2 amide bonds. The summed E-state index contributed by atoms with van der Waals surface area (Å²) < 4.78 is 4.81. The molecule has 0 unspecified atom stereocenters. The Kier molecular flexibility index (Phi) is 6.29. The van der Waals surface area contributed by atoms with Gasteiger partial charge in [0.25, 0.3) is 0 Å². The first kappa shape index (κ1) is 17.1. The second kappa shape index (κ2) is 8.43. The Morgan fingerprint density at radius 3 is 2.78 bits per heavy atom. The summed E-state index contributed by atoms with van der Waals surface area (Å²) >= 11 is 0. The van der Waals surface area contributed by atoms with E-state index in [1.807, 2.05) is 30.3 Å². The molecule has 0 saturated carbocycles. The van der Waals surface area contributed by atoms with Crippen molar-refractivity contribution >= 4 is 18.1 Å². The van der Waals surface area contributed by atoms with Gasteiger partial charge in [-0.1, -0.05) is 30.3 Å². The predicted molar refractivity (Wildman–Crippen MR) is 84.8 cm³/mol. The van der Waals surface area contributed by atoms with Crippen molar-refractivity contribution in [2.45, 2.75) is 31.3 Å². The van der Waals surface area contributed by atoms with Crippen molar-refractivity contribution in [3.63, 3.8) is 0 Å². The number of methoxy groups -OCH3 is 1. The van der Waals surface area contributed by atoms with Crippen LogP contribution in [0.1, 0.15) is 18.4 Å². The first-order valence-electron chi connectivity index (χ1n) is 7.73. The van der Waals surface area contributed by atoms with Crippen molar-refractivity contribution in [2.24, 2.45) is 0 Å². The van der Waals surface area contributed by atoms with E-state index in [0.717, 1.165) is 18.3 Å². The summed E-state index contributed by atoms with van der Waals surface area (Å²) in [6.45, 7) is 0.448. The van der Waals surface area contributed by atoms with Gasteiger partial charge in [-0.2, -0.15) is 0 Å². The Morgan fingerprint density at radius 1 is 1.39 bits per heavy atom. The summed E-state index contributed by atoms with van der Waals surface area (Å²) in [5, 5.41) is 2.72. The molecule has 2 rings (SSSR count). The van der Waals surface area contributed by atoms with E-state index in [4.69, 9.17) is 4.74 Å². The van der Waals surface area contributed by atoms with Gasteiger partial charge in [-0.25, -0.2) is 0 Å². The highest BCUT2D eigenvalue weighted by atomic mass is 16.5. The summed E-state index contributed by atoms with van der Waals surface area (Å²) in [6.07, 6.45) is 2.68. The standard InChI is InChI=1S/C17H22N2O4/c1-23-12-16(21)18-15(10-13-6-3-2-4-7-13)17(22)19-9-5-8-14(19)11-20/h2-4,6-7,11,14-15H,5,8-10,12H2,1H3,(H,18,21)/t14-,15+/m0/s1. The maximum absolute atomic E-state index is 12.8. The number of benzene rings is 1. The van der Waals surface area contributed by atoms with Crippen LogP contribution in [0.3, 0.4) is 0 Å². The number of nitrogens with zero attached hydrogens (tertiary/aromatic N) is 1. The predicted octanol–water partition coefficient (Wildman–Crippen LogP) is 0.550. The number of ether oxygens (including phenoxy) is 1. The van der Waals surface area contributed by atoms with Crippen molar-refractivity contribution < 1.29 is 19.1 Å². The fraction of sp³-hybridized carbons (Fsp3) is 0.471. The zero-order chi connectivity index (χ0) is 16.7. The molecule has 23 heavy (non-hydrogen) atoms. The molecule has 1 heterocycles. The molecular weight excluding hydrogens is 296 g/mol. The van der Waals surface area contributed by atoms with Crippen molar-refractivity contribution in [1.82, 2.24) is 10.2 Å². The van der Waals surface area contributed by atoms with Gasteiger partial charge >= 0.3 is 0 Å². The third-order valence-corrected chi connectivity index (χ3v) is 3.93. The molecule has 1 aliphatic rings. The minimum Gasteiger partial charge on any atom is -0.375 e. The second-order valence-electron chi connectivity index (χ2n) is 5.62. The van der Waals surface area contributed by atoms with Crippen LogP contribution < -0.4 is 5.32 Å². The minimum absolute atomic E-state index is 0.102. The van der Waals surface area contributed by atoms with Crippen LogP contribution in [-0.2, 0) is 25.5 Å². The van der Waals surface area contributed by atoms with Crippen molar-refractivity contribution in [1.29, 1.82) is 0 Å². The summed E-state index contributed by atoms with van der Waals surface area (Å²) in [6, 6.07) is 8.40. The fourth-order valence-electron chi connectivity index (χ4n) is 2.82. The Morgan fingerprint density at radius 2 is 2.13 bits per heavy atom. The van der Waals surface area contributed by atoms with Crippen LogP contribution in [0.25, 0.3) is 0 Å². The van der Waals surface area contributed by atoms with E-state index in [2.05, 4.69) is 5.32 Å². The lowest BCUT2D eigenvalue weighted by Crippen LogP contribution is -2.52. The Hall–Kier alpha value is -2.21. The first-order valence-corrected chi connectivity index (χ1v) is 7.73. The lowest BCUT2D eigenvalue weighted by molar-refractivity contribution is -0.139. The molecular formula is C17H22N2O4. The number of likely N-dealkylation sites (tertiary alicyclic amines) is 1. The average molecular weight is 318 g/mol. The van der Waals surface area contributed by atoms with Gasteiger partial charge in [0.15, 0.2) is 0 Å². The number of rotatable bonds is 7. The van der Waals surface area contributed by atoms with Crippen LogP contribution in [0.2, 0.25) is 0 Å². The molecule has 6 nitrogen and oxygen atoms in total. The number of nitrogens with one attached hydrogen (secondary N) is 1. The average Bonchev–Trinajstić information content (AvgIpc) is 3.03. The van der Waals surface area contributed by atoms with Crippen LogP contribution in [0.4, 0.5) is 0 Å². The molecule has 1 aromatic carbocycles. The molecule has 0 bridgehead atoms. The van der Waals surface area contributed by atoms with Gasteiger partial charge in [-0.3, -0.25) is 9.59 Å². The van der Waals surface area contributed by atoms with E-state index in [0.29, 0.717) is 19.4 Å².